The van der Waals surface area contributed by atoms with Crippen LogP contribution in [0.25, 0.3) is 0 Å². The van der Waals surface area contributed by atoms with Crippen molar-refractivity contribution in [2.24, 2.45) is 0 Å². The highest BCUT2D eigenvalue weighted by Crippen LogP contribution is 2.19. The van der Waals surface area contributed by atoms with Gasteiger partial charge in [0.05, 0.1) is 0 Å². The summed E-state index contributed by atoms with van der Waals surface area (Å²) in [5, 5.41) is 3.51. The Hall–Kier alpha value is -1.87. The maximum atomic E-state index is 4.58. The second-order valence-corrected chi connectivity index (χ2v) is 5.84. The van der Waals surface area contributed by atoms with Gasteiger partial charge in [-0.3, -0.25) is 0 Å². The molecule has 1 aromatic heterocycles. The molecule has 1 aromatic carbocycles. The fourth-order valence-corrected chi connectivity index (χ4v) is 2.35. The lowest BCUT2D eigenvalue weighted by atomic mass is 10.1. The lowest BCUT2D eigenvalue weighted by molar-refractivity contribution is 0.685. The van der Waals surface area contributed by atoms with Crippen LogP contribution in [-0.4, -0.2) is 24.6 Å². The van der Waals surface area contributed by atoms with Gasteiger partial charge in [-0.25, -0.2) is 4.98 Å². The molecule has 0 unspecified atom stereocenters. The predicted molar refractivity (Wildman–Crippen MR) is 87.5 cm³/mol. The molecule has 3 rings (SSSR count). The van der Waals surface area contributed by atoms with Gasteiger partial charge < -0.3 is 10.2 Å². The third-order valence-electron chi connectivity index (χ3n) is 3.95. The quantitative estimate of drug-likeness (QED) is 0.845. The van der Waals surface area contributed by atoms with Gasteiger partial charge in [-0.15, -0.1) is 0 Å². The van der Waals surface area contributed by atoms with E-state index >= 15 is 0 Å². The SMILES string of the molecule is CN(CCc1ccccc1)c1ccc(CNC2CC2)cn1. The lowest BCUT2D eigenvalue weighted by Gasteiger charge is -2.18. The van der Waals surface area contributed by atoms with Crippen molar-refractivity contribution in [3.63, 3.8) is 0 Å². The first-order valence-electron chi connectivity index (χ1n) is 7.74. The van der Waals surface area contributed by atoms with Crippen LogP contribution in [0, 0.1) is 0 Å². The zero-order valence-corrected chi connectivity index (χ0v) is 12.6. The van der Waals surface area contributed by atoms with Crippen molar-refractivity contribution in [1.82, 2.24) is 10.3 Å². The van der Waals surface area contributed by atoms with Crippen LogP contribution in [0.15, 0.2) is 48.7 Å². The van der Waals surface area contributed by atoms with Gasteiger partial charge in [0.25, 0.3) is 0 Å². The summed E-state index contributed by atoms with van der Waals surface area (Å²) >= 11 is 0. The maximum Gasteiger partial charge on any atom is 0.128 e. The summed E-state index contributed by atoms with van der Waals surface area (Å²) in [7, 11) is 2.10. The van der Waals surface area contributed by atoms with Gasteiger partial charge in [-0.2, -0.15) is 0 Å². The second kappa shape index (κ2) is 6.72. The first-order valence-corrected chi connectivity index (χ1v) is 7.74. The van der Waals surface area contributed by atoms with E-state index in [9.17, 15) is 0 Å². The number of likely N-dealkylation sites (N-methyl/N-ethyl adjacent to an activating group) is 1. The highest BCUT2D eigenvalue weighted by Gasteiger charge is 2.19. The van der Waals surface area contributed by atoms with Crippen molar-refractivity contribution < 1.29 is 0 Å². The summed E-state index contributed by atoms with van der Waals surface area (Å²) in [5.74, 6) is 1.04. The van der Waals surface area contributed by atoms with Gasteiger partial charge >= 0.3 is 0 Å². The molecule has 1 fully saturated rings. The maximum absolute atomic E-state index is 4.58. The number of aromatic nitrogens is 1. The zero-order valence-electron chi connectivity index (χ0n) is 12.6. The van der Waals surface area contributed by atoms with Gasteiger partial charge in [-0.05, 0) is 36.5 Å². The summed E-state index contributed by atoms with van der Waals surface area (Å²) < 4.78 is 0. The number of nitrogens with one attached hydrogen (secondary N) is 1. The fourth-order valence-electron chi connectivity index (χ4n) is 2.35. The molecule has 1 aliphatic carbocycles. The molecule has 110 valence electrons. The minimum Gasteiger partial charge on any atom is -0.359 e. The zero-order chi connectivity index (χ0) is 14.5. The number of hydrogen-bond acceptors (Lipinski definition) is 3. The molecule has 1 saturated carbocycles. The molecule has 2 aromatic rings. The Labute approximate surface area is 127 Å². The second-order valence-electron chi connectivity index (χ2n) is 5.84. The van der Waals surface area contributed by atoms with Crippen molar-refractivity contribution >= 4 is 5.82 Å². The minimum absolute atomic E-state index is 0.748. The normalized spacial score (nSPS) is 14.1. The van der Waals surface area contributed by atoms with Crippen LogP contribution in [0.2, 0.25) is 0 Å². The lowest BCUT2D eigenvalue weighted by Crippen LogP contribution is -2.21. The van der Waals surface area contributed by atoms with Gasteiger partial charge in [0.15, 0.2) is 0 Å². The van der Waals surface area contributed by atoms with Crippen LogP contribution < -0.4 is 10.2 Å². The number of hydrogen-bond donors (Lipinski definition) is 1. The minimum atomic E-state index is 0.748. The smallest absolute Gasteiger partial charge is 0.128 e. The monoisotopic (exact) mass is 281 g/mol. The van der Waals surface area contributed by atoms with Crippen LogP contribution >= 0.6 is 0 Å². The molecular weight excluding hydrogens is 258 g/mol. The van der Waals surface area contributed by atoms with Crippen LogP contribution in [0.3, 0.4) is 0 Å². The van der Waals surface area contributed by atoms with E-state index in [1.165, 1.54) is 24.0 Å². The Kier molecular flexibility index (Phi) is 4.51. The van der Waals surface area contributed by atoms with Gasteiger partial charge in [0.2, 0.25) is 0 Å². The number of rotatable bonds is 7. The molecule has 3 nitrogen and oxygen atoms in total. The van der Waals surface area contributed by atoms with Gasteiger partial charge in [0, 0.05) is 32.4 Å². The average molecular weight is 281 g/mol. The molecule has 0 aliphatic heterocycles. The van der Waals surface area contributed by atoms with E-state index in [-0.39, 0.29) is 0 Å². The fraction of sp³-hybridized carbons (Fsp3) is 0.389. The molecule has 1 N–H and O–H groups in total. The largest absolute Gasteiger partial charge is 0.359 e. The van der Waals surface area contributed by atoms with E-state index in [0.29, 0.717) is 0 Å². The summed E-state index contributed by atoms with van der Waals surface area (Å²) in [6.07, 6.45) is 5.69. The number of pyridine rings is 1. The average Bonchev–Trinajstić information content (AvgIpc) is 3.36. The van der Waals surface area contributed by atoms with E-state index < -0.39 is 0 Å². The first-order chi connectivity index (χ1) is 10.3. The first kappa shape index (κ1) is 14.1. The molecule has 1 aliphatic rings. The van der Waals surface area contributed by atoms with E-state index in [2.05, 4.69) is 64.7 Å². The molecular formula is C18H23N3. The topological polar surface area (TPSA) is 28.2 Å². The third-order valence-corrected chi connectivity index (χ3v) is 3.95. The molecule has 0 radical (unpaired) electrons. The third kappa shape index (κ3) is 4.30. The molecule has 0 spiro atoms. The van der Waals surface area contributed by atoms with Crippen LogP contribution in [-0.2, 0) is 13.0 Å². The Morgan fingerprint density at radius 2 is 1.90 bits per heavy atom. The number of anilines is 1. The Morgan fingerprint density at radius 3 is 2.57 bits per heavy atom. The molecule has 0 amide bonds. The predicted octanol–water partition coefficient (Wildman–Crippen LogP) is 3.01. The van der Waals surface area contributed by atoms with Crippen molar-refractivity contribution in [2.75, 3.05) is 18.5 Å². The summed E-state index contributed by atoms with van der Waals surface area (Å²) in [6.45, 7) is 1.92. The highest BCUT2D eigenvalue weighted by molar-refractivity contribution is 5.38. The van der Waals surface area contributed by atoms with Gasteiger partial charge in [-0.1, -0.05) is 36.4 Å². The summed E-state index contributed by atoms with van der Waals surface area (Å²) in [6, 6.07) is 15.6. The van der Waals surface area contributed by atoms with Crippen molar-refractivity contribution in [3.8, 4) is 0 Å². The Bertz CT molecular complexity index is 546. The van der Waals surface area contributed by atoms with Crippen LogP contribution in [0.1, 0.15) is 24.0 Å². The number of benzene rings is 1. The molecule has 1 heterocycles. The highest BCUT2D eigenvalue weighted by atomic mass is 15.2. The van der Waals surface area contributed by atoms with E-state index in [1.54, 1.807) is 0 Å². The Morgan fingerprint density at radius 1 is 1.10 bits per heavy atom. The van der Waals surface area contributed by atoms with E-state index in [4.69, 9.17) is 0 Å². The van der Waals surface area contributed by atoms with Gasteiger partial charge in [0.1, 0.15) is 5.82 Å². The molecule has 0 saturated heterocycles. The summed E-state index contributed by atoms with van der Waals surface area (Å²) in [4.78, 5) is 6.79. The number of nitrogens with zero attached hydrogens (tertiary/aromatic N) is 2. The van der Waals surface area contributed by atoms with Crippen LogP contribution in [0.4, 0.5) is 5.82 Å². The molecule has 3 heteroatoms. The van der Waals surface area contributed by atoms with Crippen LogP contribution in [0.5, 0.6) is 0 Å². The van der Waals surface area contributed by atoms with Crippen molar-refractivity contribution in [2.45, 2.75) is 31.8 Å². The molecule has 0 atom stereocenters. The van der Waals surface area contributed by atoms with Crippen molar-refractivity contribution in [3.05, 3.63) is 59.8 Å². The van der Waals surface area contributed by atoms with E-state index in [1.807, 2.05) is 6.20 Å². The standard InChI is InChI=1S/C18H23N3/c1-21(12-11-15-5-3-2-4-6-15)18-10-7-16(14-20-18)13-19-17-8-9-17/h2-7,10,14,17,19H,8-9,11-13H2,1H3. The molecule has 0 bridgehead atoms. The summed E-state index contributed by atoms with van der Waals surface area (Å²) in [5.41, 5.74) is 2.64. The van der Waals surface area contributed by atoms with Crippen molar-refractivity contribution in [1.29, 1.82) is 0 Å². The Balaban J connectivity index is 1.50. The van der Waals surface area contributed by atoms with E-state index in [0.717, 1.165) is 31.4 Å². The molecule has 21 heavy (non-hydrogen) atoms.